The summed E-state index contributed by atoms with van der Waals surface area (Å²) in [5, 5.41) is 3.81. The maximum Gasteiger partial charge on any atom is 0.418 e. The number of halogens is 3. The molecule has 0 bridgehead atoms. The topological polar surface area (TPSA) is 38.0 Å². The van der Waals surface area contributed by atoms with Gasteiger partial charge in [0.05, 0.1) is 5.56 Å². The fraction of sp³-hybridized carbons (Fsp3) is 0.571. The standard InChI is InChI=1S/C14H19F3N2S/c1-20-11-4-2-3-9(7-11)19-10-5-6-13(18)12(8-10)14(15,16)17/h5-6,8-9,11,19H,2-4,7,18H2,1H3. The normalized spacial score (nSPS) is 23.6. The van der Waals surface area contributed by atoms with Crippen LogP contribution in [-0.4, -0.2) is 17.5 Å². The molecule has 2 unspecified atom stereocenters. The first-order valence-electron chi connectivity index (χ1n) is 6.66. The highest BCUT2D eigenvalue weighted by atomic mass is 32.2. The summed E-state index contributed by atoms with van der Waals surface area (Å²) in [5.41, 5.74) is 4.91. The lowest BCUT2D eigenvalue weighted by Crippen LogP contribution is -2.28. The predicted octanol–water partition coefficient (Wildman–Crippen LogP) is 4.37. The number of rotatable bonds is 3. The van der Waals surface area contributed by atoms with Gasteiger partial charge < -0.3 is 11.1 Å². The Bertz CT molecular complexity index is 462. The van der Waals surface area contributed by atoms with Crippen molar-refractivity contribution >= 4 is 23.1 Å². The summed E-state index contributed by atoms with van der Waals surface area (Å²) in [6, 6.07) is 4.29. The van der Waals surface area contributed by atoms with Gasteiger partial charge in [-0.25, -0.2) is 0 Å². The summed E-state index contributed by atoms with van der Waals surface area (Å²) in [7, 11) is 0. The van der Waals surface area contributed by atoms with Crippen LogP contribution in [0, 0.1) is 0 Å². The van der Waals surface area contributed by atoms with Gasteiger partial charge >= 0.3 is 6.18 Å². The molecule has 0 amide bonds. The van der Waals surface area contributed by atoms with E-state index in [2.05, 4.69) is 11.6 Å². The maximum atomic E-state index is 12.8. The molecule has 3 N–H and O–H groups in total. The number of hydrogen-bond donors (Lipinski definition) is 2. The first kappa shape index (κ1) is 15.4. The first-order chi connectivity index (χ1) is 9.40. The molecule has 1 aliphatic carbocycles. The van der Waals surface area contributed by atoms with Gasteiger partial charge in [-0.15, -0.1) is 0 Å². The zero-order valence-corrected chi connectivity index (χ0v) is 12.2. The summed E-state index contributed by atoms with van der Waals surface area (Å²) in [6.07, 6.45) is 1.98. The van der Waals surface area contributed by atoms with Crippen LogP contribution < -0.4 is 11.1 Å². The molecule has 0 aromatic heterocycles. The molecule has 6 heteroatoms. The summed E-state index contributed by atoms with van der Waals surface area (Å²) in [6.45, 7) is 0. The molecule has 20 heavy (non-hydrogen) atoms. The Hall–Kier alpha value is -1.04. The third-order valence-corrected chi connectivity index (χ3v) is 4.78. The van der Waals surface area contributed by atoms with E-state index in [0.717, 1.165) is 25.3 Å². The van der Waals surface area contributed by atoms with E-state index in [1.807, 2.05) is 11.8 Å². The van der Waals surface area contributed by atoms with Gasteiger partial charge in [0.1, 0.15) is 0 Å². The third kappa shape index (κ3) is 3.75. The van der Waals surface area contributed by atoms with Gasteiger partial charge in [0.2, 0.25) is 0 Å². The summed E-state index contributed by atoms with van der Waals surface area (Å²) in [4.78, 5) is 0. The average Bonchev–Trinajstić information content (AvgIpc) is 2.40. The number of alkyl halides is 3. The van der Waals surface area contributed by atoms with Crippen LogP contribution in [0.5, 0.6) is 0 Å². The van der Waals surface area contributed by atoms with E-state index in [1.165, 1.54) is 12.5 Å². The van der Waals surface area contributed by atoms with Crippen molar-refractivity contribution in [2.75, 3.05) is 17.3 Å². The number of benzene rings is 1. The van der Waals surface area contributed by atoms with Crippen LogP contribution in [0.4, 0.5) is 24.5 Å². The molecular formula is C14H19F3N2S. The van der Waals surface area contributed by atoms with Crippen LogP contribution in [0.15, 0.2) is 18.2 Å². The molecule has 1 aromatic carbocycles. The van der Waals surface area contributed by atoms with E-state index >= 15 is 0 Å². The van der Waals surface area contributed by atoms with Crippen molar-refractivity contribution in [2.45, 2.75) is 43.2 Å². The number of nitrogens with one attached hydrogen (secondary N) is 1. The number of hydrogen-bond acceptors (Lipinski definition) is 3. The second kappa shape index (κ2) is 6.16. The highest BCUT2D eigenvalue weighted by molar-refractivity contribution is 7.99. The quantitative estimate of drug-likeness (QED) is 0.814. The molecule has 2 atom stereocenters. The Morgan fingerprint density at radius 3 is 2.70 bits per heavy atom. The molecule has 1 fully saturated rings. The van der Waals surface area contributed by atoms with Gasteiger partial charge in [0, 0.05) is 22.7 Å². The minimum absolute atomic E-state index is 0.228. The summed E-state index contributed by atoms with van der Waals surface area (Å²) < 4.78 is 38.4. The SMILES string of the molecule is CSC1CCCC(Nc2ccc(N)c(C(F)(F)F)c2)C1. The van der Waals surface area contributed by atoms with E-state index < -0.39 is 11.7 Å². The maximum absolute atomic E-state index is 12.8. The largest absolute Gasteiger partial charge is 0.418 e. The zero-order chi connectivity index (χ0) is 14.8. The molecule has 2 rings (SSSR count). The highest BCUT2D eigenvalue weighted by Gasteiger charge is 2.33. The van der Waals surface area contributed by atoms with Gasteiger partial charge in [-0.3, -0.25) is 0 Å². The van der Waals surface area contributed by atoms with E-state index in [-0.39, 0.29) is 11.7 Å². The van der Waals surface area contributed by atoms with E-state index in [4.69, 9.17) is 5.73 Å². The monoisotopic (exact) mass is 304 g/mol. The average molecular weight is 304 g/mol. The van der Waals surface area contributed by atoms with Crippen LogP contribution in [0.3, 0.4) is 0 Å². The van der Waals surface area contributed by atoms with Crippen molar-refractivity contribution in [3.63, 3.8) is 0 Å². The second-order valence-corrected chi connectivity index (χ2v) is 6.30. The van der Waals surface area contributed by atoms with Crippen molar-refractivity contribution in [2.24, 2.45) is 0 Å². The van der Waals surface area contributed by atoms with Crippen LogP contribution in [0.25, 0.3) is 0 Å². The summed E-state index contributed by atoms with van der Waals surface area (Å²) >= 11 is 1.83. The number of thioether (sulfide) groups is 1. The molecule has 2 nitrogen and oxygen atoms in total. The van der Waals surface area contributed by atoms with Crippen molar-refractivity contribution in [3.05, 3.63) is 23.8 Å². The van der Waals surface area contributed by atoms with Crippen LogP contribution >= 0.6 is 11.8 Å². The van der Waals surface area contributed by atoms with Crippen LogP contribution in [0.1, 0.15) is 31.2 Å². The number of anilines is 2. The Kier molecular flexibility index (Phi) is 4.73. The molecule has 1 aliphatic rings. The highest BCUT2D eigenvalue weighted by Crippen LogP contribution is 2.36. The van der Waals surface area contributed by atoms with Gasteiger partial charge in [0.25, 0.3) is 0 Å². The predicted molar refractivity (Wildman–Crippen MR) is 79.0 cm³/mol. The lowest BCUT2D eigenvalue weighted by atomic mass is 9.94. The minimum Gasteiger partial charge on any atom is -0.398 e. The van der Waals surface area contributed by atoms with Gasteiger partial charge in [0.15, 0.2) is 0 Å². The van der Waals surface area contributed by atoms with E-state index in [9.17, 15) is 13.2 Å². The fourth-order valence-electron chi connectivity index (χ4n) is 2.62. The first-order valence-corrected chi connectivity index (χ1v) is 7.95. The molecule has 0 aliphatic heterocycles. The van der Waals surface area contributed by atoms with Crippen LogP contribution in [0.2, 0.25) is 0 Å². The Morgan fingerprint density at radius 1 is 1.30 bits per heavy atom. The third-order valence-electron chi connectivity index (χ3n) is 3.69. The molecule has 0 heterocycles. The van der Waals surface area contributed by atoms with E-state index in [1.54, 1.807) is 6.07 Å². The van der Waals surface area contributed by atoms with Crippen molar-refractivity contribution in [3.8, 4) is 0 Å². The molecule has 1 saturated carbocycles. The van der Waals surface area contributed by atoms with Crippen molar-refractivity contribution < 1.29 is 13.2 Å². The molecule has 1 aromatic rings. The molecular weight excluding hydrogens is 285 g/mol. The zero-order valence-electron chi connectivity index (χ0n) is 11.3. The fourth-order valence-corrected chi connectivity index (χ4v) is 3.44. The van der Waals surface area contributed by atoms with Gasteiger partial charge in [-0.1, -0.05) is 6.42 Å². The molecule has 0 saturated heterocycles. The second-order valence-electron chi connectivity index (χ2n) is 5.17. The van der Waals surface area contributed by atoms with Crippen molar-refractivity contribution in [1.29, 1.82) is 0 Å². The van der Waals surface area contributed by atoms with Crippen LogP contribution in [-0.2, 0) is 6.18 Å². The van der Waals surface area contributed by atoms with Gasteiger partial charge in [-0.2, -0.15) is 24.9 Å². The Labute approximate surface area is 121 Å². The molecule has 0 radical (unpaired) electrons. The number of nitrogens with two attached hydrogens (primary N) is 1. The number of nitrogen functional groups attached to an aromatic ring is 1. The molecule has 0 spiro atoms. The van der Waals surface area contributed by atoms with Crippen molar-refractivity contribution in [1.82, 2.24) is 0 Å². The van der Waals surface area contributed by atoms with E-state index in [0.29, 0.717) is 10.9 Å². The Morgan fingerprint density at radius 2 is 2.05 bits per heavy atom. The molecule has 112 valence electrons. The summed E-state index contributed by atoms with van der Waals surface area (Å²) in [5.74, 6) is 0. The van der Waals surface area contributed by atoms with Gasteiger partial charge in [-0.05, 0) is 43.7 Å². The minimum atomic E-state index is -4.41. The Balaban J connectivity index is 2.10. The lowest BCUT2D eigenvalue weighted by molar-refractivity contribution is -0.136. The lowest BCUT2D eigenvalue weighted by Gasteiger charge is -2.29. The smallest absolute Gasteiger partial charge is 0.398 e.